The minimum atomic E-state index is 0.131. The summed E-state index contributed by atoms with van der Waals surface area (Å²) in [5.74, 6) is 0.600. The van der Waals surface area contributed by atoms with Crippen molar-refractivity contribution in [1.82, 2.24) is 10.3 Å². The Labute approximate surface area is 114 Å². The van der Waals surface area contributed by atoms with Gasteiger partial charge in [0, 0.05) is 29.6 Å². The molecule has 1 aromatic carbocycles. The van der Waals surface area contributed by atoms with Gasteiger partial charge in [0.25, 0.3) is 0 Å². The summed E-state index contributed by atoms with van der Waals surface area (Å²) >= 11 is 0. The molecule has 3 nitrogen and oxygen atoms in total. The molecule has 0 aliphatic heterocycles. The minimum Gasteiger partial charge on any atom is -0.361 e. The van der Waals surface area contributed by atoms with Gasteiger partial charge in [-0.15, -0.1) is 0 Å². The Hall–Kier alpha value is -1.77. The van der Waals surface area contributed by atoms with Crippen LogP contribution in [0.1, 0.15) is 32.8 Å². The predicted octanol–water partition coefficient (Wildman–Crippen LogP) is 3.26. The molecule has 1 unspecified atom stereocenters. The summed E-state index contributed by atoms with van der Waals surface area (Å²) in [7, 11) is 0. The van der Waals surface area contributed by atoms with Crippen molar-refractivity contribution in [2.45, 2.75) is 39.7 Å². The Morgan fingerprint density at radius 3 is 2.74 bits per heavy atom. The molecule has 1 heterocycles. The van der Waals surface area contributed by atoms with Crippen molar-refractivity contribution >= 4 is 16.8 Å². The summed E-state index contributed by atoms with van der Waals surface area (Å²) in [6.45, 7) is 6.28. The Balaban J connectivity index is 1.94. The molecule has 102 valence electrons. The summed E-state index contributed by atoms with van der Waals surface area (Å²) in [4.78, 5) is 15.1. The third kappa shape index (κ3) is 3.37. The number of hydrogen-bond acceptors (Lipinski definition) is 1. The number of rotatable bonds is 5. The second-order valence-electron chi connectivity index (χ2n) is 5.46. The first-order valence-electron chi connectivity index (χ1n) is 6.92. The van der Waals surface area contributed by atoms with Gasteiger partial charge >= 0.3 is 0 Å². The van der Waals surface area contributed by atoms with Gasteiger partial charge in [0.2, 0.25) is 5.91 Å². The van der Waals surface area contributed by atoms with E-state index in [1.165, 1.54) is 10.9 Å². The normalized spacial score (nSPS) is 12.8. The lowest BCUT2D eigenvalue weighted by Crippen LogP contribution is -2.36. The molecule has 0 spiro atoms. The molecule has 2 aromatic rings. The number of fused-ring (bicyclic) bond motifs is 1. The number of carbonyl (C=O) groups is 1. The Kier molecular flexibility index (Phi) is 4.25. The highest BCUT2D eigenvalue weighted by atomic mass is 16.1. The number of H-pyrrole nitrogens is 1. The van der Waals surface area contributed by atoms with Crippen molar-refractivity contribution in [1.29, 1.82) is 0 Å². The Morgan fingerprint density at radius 1 is 1.26 bits per heavy atom. The van der Waals surface area contributed by atoms with Crippen molar-refractivity contribution in [2.24, 2.45) is 5.92 Å². The molecular formula is C16H22N2O. The average molecular weight is 258 g/mol. The summed E-state index contributed by atoms with van der Waals surface area (Å²) in [6, 6.07) is 8.42. The lowest BCUT2D eigenvalue weighted by Gasteiger charge is -2.17. The minimum absolute atomic E-state index is 0.131. The second kappa shape index (κ2) is 5.91. The molecule has 1 aromatic heterocycles. The zero-order chi connectivity index (χ0) is 13.8. The van der Waals surface area contributed by atoms with Crippen molar-refractivity contribution in [3.63, 3.8) is 0 Å². The number of para-hydroxylation sites is 1. The van der Waals surface area contributed by atoms with Gasteiger partial charge in [0.05, 0.1) is 0 Å². The third-order valence-corrected chi connectivity index (χ3v) is 3.68. The lowest BCUT2D eigenvalue weighted by molar-refractivity contribution is -0.121. The first kappa shape index (κ1) is 13.7. The topological polar surface area (TPSA) is 44.9 Å². The van der Waals surface area contributed by atoms with Crippen LogP contribution in [-0.4, -0.2) is 16.9 Å². The number of hydrogen-bond donors (Lipinski definition) is 2. The number of aromatic nitrogens is 1. The molecule has 19 heavy (non-hydrogen) atoms. The van der Waals surface area contributed by atoms with Crippen molar-refractivity contribution in [3.8, 4) is 0 Å². The highest BCUT2D eigenvalue weighted by molar-refractivity contribution is 5.84. The predicted molar refractivity (Wildman–Crippen MR) is 79.1 cm³/mol. The molecule has 2 rings (SSSR count). The van der Waals surface area contributed by atoms with E-state index < -0.39 is 0 Å². The van der Waals surface area contributed by atoms with Crippen LogP contribution < -0.4 is 5.32 Å². The maximum atomic E-state index is 11.9. The van der Waals surface area contributed by atoms with Gasteiger partial charge in [0.15, 0.2) is 0 Å². The van der Waals surface area contributed by atoms with E-state index in [0.29, 0.717) is 12.3 Å². The zero-order valence-electron chi connectivity index (χ0n) is 11.9. The molecule has 1 amide bonds. The first-order chi connectivity index (χ1) is 9.08. The SMILES string of the molecule is CC(C)C(C)NC(=O)CCc1c[nH]c2ccccc12. The highest BCUT2D eigenvalue weighted by Crippen LogP contribution is 2.18. The molecular weight excluding hydrogens is 236 g/mol. The molecule has 0 bridgehead atoms. The first-order valence-corrected chi connectivity index (χ1v) is 6.92. The summed E-state index contributed by atoms with van der Waals surface area (Å²) in [5, 5.41) is 4.26. The Morgan fingerprint density at radius 2 is 2.00 bits per heavy atom. The average Bonchev–Trinajstić information content (AvgIpc) is 2.79. The van der Waals surface area contributed by atoms with Gasteiger partial charge in [-0.1, -0.05) is 32.0 Å². The highest BCUT2D eigenvalue weighted by Gasteiger charge is 2.11. The zero-order valence-corrected chi connectivity index (χ0v) is 11.9. The maximum Gasteiger partial charge on any atom is 0.220 e. The number of nitrogens with one attached hydrogen (secondary N) is 2. The van der Waals surface area contributed by atoms with E-state index in [2.05, 4.69) is 36.3 Å². The van der Waals surface area contributed by atoms with E-state index in [9.17, 15) is 4.79 Å². The van der Waals surface area contributed by atoms with Gasteiger partial charge in [-0.3, -0.25) is 4.79 Å². The number of carbonyl (C=O) groups excluding carboxylic acids is 1. The van der Waals surface area contributed by atoms with Gasteiger partial charge in [0.1, 0.15) is 0 Å². The fourth-order valence-electron chi connectivity index (χ4n) is 2.08. The number of amides is 1. The lowest BCUT2D eigenvalue weighted by atomic mass is 10.1. The summed E-state index contributed by atoms with van der Waals surface area (Å²) in [5.41, 5.74) is 2.34. The molecule has 0 fully saturated rings. The van der Waals surface area contributed by atoms with E-state index in [1.807, 2.05) is 25.3 Å². The molecule has 1 atom stereocenters. The van der Waals surface area contributed by atoms with Gasteiger partial charge in [-0.25, -0.2) is 0 Å². The number of aromatic amines is 1. The number of benzene rings is 1. The molecule has 0 aliphatic carbocycles. The van der Waals surface area contributed by atoms with Crippen molar-refractivity contribution < 1.29 is 4.79 Å². The van der Waals surface area contributed by atoms with Gasteiger partial charge in [-0.2, -0.15) is 0 Å². The van der Waals surface area contributed by atoms with E-state index >= 15 is 0 Å². The quantitative estimate of drug-likeness (QED) is 0.849. The van der Waals surface area contributed by atoms with Crippen LogP contribution in [0.15, 0.2) is 30.5 Å². The van der Waals surface area contributed by atoms with E-state index in [4.69, 9.17) is 0 Å². The number of aryl methyl sites for hydroxylation is 1. The Bertz CT molecular complexity index is 557. The largest absolute Gasteiger partial charge is 0.361 e. The van der Waals surface area contributed by atoms with Crippen molar-refractivity contribution in [3.05, 3.63) is 36.0 Å². The van der Waals surface area contributed by atoms with Crippen LogP contribution >= 0.6 is 0 Å². The third-order valence-electron chi connectivity index (χ3n) is 3.68. The molecule has 0 saturated heterocycles. The van der Waals surface area contributed by atoms with Crippen LogP contribution in [0.3, 0.4) is 0 Å². The summed E-state index contributed by atoms with van der Waals surface area (Å²) in [6.07, 6.45) is 3.32. The second-order valence-corrected chi connectivity index (χ2v) is 5.46. The van der Waals surface area contributed by atoms with Crippen LogP contribution in [0.5, 0.6) is 0 Å². The van der Waals surface area contributed by atoms with Crippen LogP contribution in [0.4, 0.5) is 0 Å². The van der Waals surface area contributed by atoms with Crippen LogP contribution in [0.25, 0.3) is 10.9 Å². The van der Waals surface area contributed by atoms with Crippen LogP contribution in [-0.2, 0) is 11.2 Å². The monoisotopic (exact) mass is 258 g/mol. The smallest absolute Gasteiger partial charge is 0.220 e. The van der Waals surface area contributed by atoms with Gasteiger partial charge < -0.3 is 10.3 Å². The molecule has 0 radical (unpaired) electrons. The van der Waals surface area contributed by atoms with E-state index in [-0.39, 0.29) is 11.9 Å². The van der Waals surface area contributed by atoms with Crippen LogP contribution in [0.2, 0.25) is 0 Å². The van der Waals surface area contributed by atoms with Crippen LogP contribution in [0, 0.1) is 5.92 Å². The maximum absolute atomic E-state index is 11.9. The van der Waals surface area contributed by atoms with E-state index in [1.54, 1.807) is 0 Å². The van der Waals surface area contributed by atoms with Crippen molar-refractivity contribution in [2.75, 3.05) is 0 Å². The fraction of sp³-hybridized carbons (Fsp3) is 0.438. The molecule has 0 aliphatic rings. The molecule has 2 N–H and O–H groups in total. The standard InChI is InChI=1S/C16H22N2O/c1-11(2)12(3)18-16(19)9-8-13-10-17-15-7-5-4-6-14(13)15/h4-7,10-12,17H,8-9H2,1-3H3,(H,18,19). The van der Waals surface area contributed by atoms with Gasteiger partial charge in [-0.05, 0) is 30.9 Å². The molecule has 3 heteroatoms. The fourth-order valence-corrected chi connectivity index (χ4v) is 2.08. The molecule has 0 saturated carbocycles. The summed E-state index contributed by atoms with van der Waals surface area (Å²) < 4.78 is 0. The van der Waals surface area contributed by atoms with E-state index in [0.717, 1.165) is 11.9 Å².